The molecule has 1 amide bonds. The van der Waals surface area contributed by atoms with Crippen LogP contribution < -0.4 is 10.2 Å². The molecule has 4 nitrogen and oxygen atoms in total. The van der Waals surface area contributed by atoms with Crippen molar-refractivity contribution >= 4 is 28.1 Å². The van der Waals surface area contributed by atoms with Gasteiger partial charge in [0.05, 0.1) is 6.21 Å². The molecule has 24 heavy (non-hydrogen) atoms. The SMILES string of the molecule is Cc1cc(C)c(/C=N\NC(=O)C(C)Oc2ccc(Br)cc2)c(C)c1. The topological polar surface area (TPSA) is 50.7 Å². The second-order valence-corrected chi connectivity index (χ2v) is 6.68. The lowest BCUT2D eigenvalue weighted by Crippen LogP contribution is -2.33. The molecule has 126 valence electrons. The number of aryl methyl sites for hydroxylation is 3. The van der Waals surface area contributed by atoms with Crippen molar-refractivity contribution in [2.45, 2.75) is 33.8 Å². The zero-order valence-electron chi connectivity index (χ0n) is 14.3. The lowest BCUT2D eigenvalue weighted by Gasteiger charge is -2.13. The van der Waals surface area contributed by atoms with Gasteiger partial charge in [-0.3, -0.25) is 4.79 Å². The van der Waals surface area contributed by atoms with Gasteiger partial charge in [-0.2, -0.15) is 5.10 Å². The first-order valence-corrected chi connectivity index (χ1v) is 8.49. The lowest BCUT2D eigenvalue weighted by atomic mass is 10.0. The standard InChI is InChI=1S/C19H21BrN2O2/c1-12-9-13(2)18(14(3)10-12)11-21-22-19(23)15(4)24-17-7-5-16(20)6-8-17/h5-11,15H,1-4H3,(H,22,23)/b21-11-. The highest BCUT2D eigenvalue weighted by atomic mass is 79.9. The number of hydrazone groups is 1. The molecule has 0 bridgehead atoms. The molecule has 1 N–H and O–H groups in total. The fraction of sp³-hybridized carbons (Fsp3) is 0.263. The molecule has 0 aromatic heterocycles. The summed E-state index contributed by atoms with van der Waals surface area (Å²) in [5, 5.41) is 4.06. The van der Waals surface area contributed by atoms with Crippen molar-refractivity contribution in [1.82, 2.24) is 5.43 Å². The molecule has 0 aliphatic rings. The maximum Gasteiger partial charge on any atom is 0.280 e. The number of hydrogen-bond acceptors (Lipinski definition) is 3. The van der Waals surface area contributed by atoms with Crippen LogP contribution >= 0.6 is 15.9 Å². The summed E-state index contributed by atoms with van der Waals surface area (Å²) in [6, 6.07) is 11.5. The Morgan fingerprint density at radius 1 is 1.17 bits per heavy atom. The predicted molar refractivity (Wildman–Crippen MR) is 101 cm³/mol. The van der Waals surface area contributed by atoms with Gasteiger partial charge in [-0.05, 0) is 63.1 Å². The van der Waals surface area contributed by atoms with Crippen molar-refractivity contribution in [2.75, 3.05) is 0 Å². The third kappa shape index (κ3) is 4.93. The van der Waals surface area contributed by atoms with Gasteiger partial charge < -0.3 is 4.74 Å². The van der Waals surface area contributed by atoms with E-state index in [1.165, 1.54) is 5.56 Å². The second kappa shape index (κ2) is 8.11. The quantitative estimate of drug-likeness (QED) is 0.613. The van der Waals surface area contributed by atoms with Crippen LogP contribution in [-0.2, 0) is 4.79 Å². The minimum Gasteiger partial charge on any atom is -0.481 e. The summed E-state index contributed by atoms with van der Waals surface area (Å²) in [6.45, 7) is 7.81. The summed E-state index contributed by atoms with van der Waals surface area (Å²) < 4.78 is 6.55. The summed E-state index contributed by atoms with van der Waals surface area (Å²) in [4.78, 5) is 12.1. The van der Waals surface area contributed by atoms with E-state index in [0.29, 0.717) is 5.75 Å². The maximum atomic E-state index is 12.1. The summed E-state index contributed by atoms with van der Waals surface area (Å²) in [6.07, 6.45) is 1.04. The van der Waals surface area contributed by atoms with Crippen LogP contribution in [0.5, 0.6) is 5.75 Å². The van der Waals surface area contributed by atoms with Gasteiger partial charge in [0.25, 0.3) is 5.91 Å². The van der Waals surface area contributed by atoms with Gasteiger partial charge in [0.2, 0.25) is 0 Å². The first-order valence-electron chi connectivity index (χ1n) is 7.70. The Morgan fingerprint density at radius 3 is 2.33 bits per heavy atom. The average molecular weight is 389 g/mol. The Morgan fingerprint density at radius 2 is 1.75 bits per heavy atom. The van der Waals surface area contributed by atoms with Crippen molar-refractivity contribution in [2.24, 2.45) is 5.10 Å². The van der Waals surface area contributed by atoms with Gasteiger partial charge in [0, 0.05) is 10.0 Å². The molecule has 0 heterocycles. The van der Waals surface area contributed by atoms with E-state index >= 15 is 0 Å². The molecular weight excluding hydrogens is 368 g/mol. The van der Waals surface area contributed by atoms with E-state index in [2.05, 4.69) is 45.5 Å². The Hall–Kier alpha value is -2.14. The number of halogens is 1. The van der Waals surface area contributed by atoms with E-state index in [9.17, 15) is 4.79 Å². The van der Waals surface area contributed by atoms with E-state index in [0.717, 1.165) is 21.2 Å². The molecule has 1 atom stereocenters. The van der Waals surface area contributed by atoms with Crippen LogP contribution in [-0.4, -0.2) is 18.2 Å². The zero-order valence-corrected chi connectivity index (χ0v) is 15.8. The van der Waals surface area contributed by atoms with Gasteiger partial charge >= 0.3 is 0 Å². The molecule has 1 unspecified atom stereocenters. The Balaban J connectivity index is 1.96. The molecule has 0 spiro atoms. The largest absolute Gasteiger partial charge is 0.481 e. The van der Waals surface area contributed by atoms with Crippen LogP contribution in [0.2, 0.25) is 0 Å². The average Bonchev–Trinajstić information content (AvgIpc) is 2.51. The maximum absolute atomic E-state index is 12.1. The number of ether oxygens (including phenoxy) is 1. The number of carbonyl (C=O) groups is 1. The predicted octanol–water partition coefficient (Wildman–Crippen LogP) is 4.29. The normalized spacial score (nSPS) is 12.2. The number of nitrogens with one attached hydrogen (secondary N) is 1. The number of carbonyl (C=O) groups excluding carboxylic acids is 1. The molecule has 2 rings (SSSR count). The molecule has 0 saturated carbocycles. The fourth-order valence-electron chi connectivity index (χ4n) is 2.42. The molecule has 2 aromatic rings. The smallest absolute Gasteiger partial charge is 0.280 e. The summed E-state index contributed by atoms with van der Waals surface area (Å²) >= 11 is 3.36. The number of rotatable bonds is 5. The van der Waals surface area contributed by atoms with Crippen LogP contribution in [0.1, 0.15) is 29.2 Å². The Labute approximate surface area is 151 Å². The van der Waals surface area contributed by atoms with Crippen LogP contribution in [0.15, 0.2) is 46.0 Å². The van der Waals surface area contributed by atoms with E-state index < -0.39 is 6.10 Å². The molecular formula is C19H21BrN2O2. The van der Waals surface area contributed by atoms with Crippen molar-refractivity contribution in [3.05, 3.63) is 63.1 Å². The Bertz CT molecular complexity index is 731. The lowest BCUT2D eigenvalue weighted by molar-refractivity contribution is -0.127. The molecule has 0 radical (unpaired) electrons. The molecule has 0 saturated heterocycles. The third-order valence-electron chi connectivity index (χ3n) is 3.60. The van der Waals surface area contributed by atoms with Crippen LogP contribution in [0.4, 0.5) is 0 Å². The molecule has 5 heteroatoms. The highest BCUT2D eigenvalue weighted by Gasteiger charge is 2.13. The highest BCUT2D eigenvalue weighted by molar-refractivity contribution is 9.10. The van der Waals surface area contributed by atoms with Gasteiger partial charge in [-0.1, -0.05) is 33.6 Å². The number of benzene rings is 2. The van der Waals surface area contributed by atoms with E-state index in [1.54, 1.807) is 25.3 Å². The van der Waals surface area contributed by atoms with Gasteiger partial charge in [0.1, 0.15) is 5.75 Å². The van der Waals surface area contributed by atoms with E-state index in [1.807, 2.05) is 26.0 Å². The van der Waals surface area contributed by atoms with Gasteiger partial charge in [0.15, 0.2) is 6.10 Å². The number of amides is 1. The van der Waals surface area contributed by atoms with Crippen LogP contribution in [0.25, 0.3) is 0 Å². The first-order chi connectivity index (χ1) is 11.4. The summed E-state index contributed by atoms with van der Waals surface area (Å²) in [5.74, 6) is 0.339. The van der Waals surface area contributed by atoms with Crippen molar-refractivity contribution in [3.63, 3.8) is 0 Å². The van der Waals surface area contributed by atoms with Crippen molar-refractivity contribution in [1.29, 1.82) is 0 Å². The minimum atomic E-state index is -0.636. The van der Waals surface area contributed by atoms with Gasteiger partial charge in [-0.25, -0.2) is 5.43 Å². The Kier molecular flexibility index (Phi) is 6.15. The third-order valence-corrected chi connectivity index (χ3v) is 4.13. The molecule has 2 aromatic carbocycles. The van der Waals surface area contributed by atoms with E-state index in [-0.39, 0.29) is 5.91 Å². The zero-order chi connectivity index (χ0) is 17.7. The van der Waals surface area contributed by atoms with Crippen molar-refractivity contribution in [3.8, 4) is 5.75 Å². The van der Waals surface area contributed by atoms with Crippen LogP contribution in [0.3, 0.4) is 0 Å². The van der Waals surface area contributed by atoms with Gasteiger partial charge in [-0.15, -0.1) is 0 Å². The monoisotopic (exact) mass is 388 g/mol. The fourth-order valence-corrected chi connectivity index (χ4v) is 2.68. The van der Waals surface area contributed by atoms with E-state index in [4.69, 9.17) is 4.74 Å². The first kappa shape index (κ1) is 18.2. The molecule has 0 aliphatic carbocycles. The minimum absolute atomic E-state index is 0.295. The molecule has 0 fully saturated rings. The highest BCUT2D eigenvalue weighted by Crippen LogP contribution is 2.17. The number of hydrogen-bond donors (Lipinski definition) is 1. The van der Waals surface area contributed by atoms with Crippen LogP contribution in [0, 0.1) is 20.8 Å². The summed E-state index contributed by atoms with van der Waals surface area (Å²) in [5.41, 5.74) is 7.01. The second-order valence-electron chi connectivity index (χ2n) is 5.76. The summed E-state index contributed by atoms with van der Waals surface area (Å²) in [7, 11) is 0. The number of nitrogens with zero attached hydrogens (tertiary/aromatic N) is 1. The molecule has 0 aliphatic heterocycles. The van der Waals surface area contributed by atoms with Crippen molar-refractivity contribution < 1.29 is 9.53 Å².